The first-order valence-electron chi connectivity index (χ1n) is 7.74. The molecule has 0 amide bonds. The first-order chi connectivity index (χ1) is 11.1. The Kier molecular flexibility index (Phi) is 4.43. The molecule has 0 saturated carbocycles. The minimum Gasteiger partial charge on any atom is -0.465 e. The van der Waals surface area contributed by atoms with Gasteiger partial charge in [-0.05, 0) is 24.5 Å². The number of nitrogens with zero attached hydrogens (tertiary/aromatic N) is 2. The Labute approximate surface area is 134 Å². The molecule has 23 heavy (non-hydrogen) atoms. The summed E-state index contributed by atoms with van der Waals surface area (Å²) in [6.07, 6.45) is 0.983. The lowest BCUT2D eigenvalue weighted by Crippen LogP contribution is -2.21. The van der Waals surface area contributed by atoms with Crippen LogP contribution in [-0.4, -0.2) is 35.9 Å². The van der Waals surface area contributed by atoms with Gasteiger partial charge in [-0.2, -0.15) is 4.98 Å². The van der Waals surface area contributed by atoms with Crippen molar-refractivity contribution >= 4 is 5.97 Å². The van der Waals surface area contributed by atoms with Gasteiger partial charge in [0.25, 0.3) is 0 Å². The molecule has 2 atom stereocenters. The van der Waals surface area contributed by atoms with E-state index in [-0.39, 0.29) is 18.0 Å². The predicted molar refractivity (Wildman–Crippen MR) is 83.0 cm³/mol. The van der Waals surface area contributed by atoms with E-state index in [1.165, 1.54) is 7.11 Å². The van der Waals surface area contributed by atoms with Crippen molar-refractivity contribution in [1.29, 1.82) is 0 Å². The highest BCUT2D eigenvalue weighted by atomic mass is 16.5. The van der Waals surface area contributed by atoms with Gasteiger partial charge >= 0.3 is 5.97 Å². The van der Waals surface area contributed by atoms with E-state index >= 15 is 0 Å². The average molecular weight is 316 g/mol. The van der Waals surface area contributed by atoms with Crippen molar-refractivity contribution < 1.29 is 18.8 Å². The minimum absolute atomic E-state index is 0.102. The molecular weight excluding hydrogens is 296 g/mol. The van der Waals surface area contributed by atoms with Gasteiger partial charge < -0.3 is 14.0 Å². The van der Waals surface area contributed by atoms with Crippen LogP contribution in [0.4, 0.5) is 0 Å². The second-order valence-electron chi connectivity index (χ2n) is 6.00. The molecule has 1 aromatic heterocycles. The van der Waals surface area contributed by atoms with Crippen LogP contribution in [0.1, 0.15) is 42.4 Å². The molecule has 2 heterocycles. The first-order valence-corrected chi connectivity index (χ1v) is 7.74. The zero-order valence-electron chi connectivity index (χ0n) is 13.5. The zero-order chi connectivity index (χ0) is 16.4. The lowest BCUT2D eigenvalue weighted by atomic mass is 9.93. The molecule has 0 bridgehead atoms. The molecule has 0 aliphatic carbocycles. The third kappa shape index (κ3) is 3.12. The molecule has 0 N–H and O–H groups in total. The van der Waals surface area contributed by atoms with E-state index < -0.39 is 0 Å². The van der Waals surface area contributed by atoms with Crippen LogP contribution in [0.5, 0.6) is 0 Å². The quantitative estimate of drug-likeness (QED) is 0.807. The van der Waals surface area contributed by atoms with Crippen molar-refractivity contribution in [2.45, 2.75) is 32.3 Å². The van der Waals surface area contributed by atoms with Crippen LogP contribution in [0.15, 0.2) is 28.8 Å². The van der Waals surface area contributed by atoms with Gasteiger partial charge in [0, 0.05) is 12.2 Å². The summed E-state index contributed by atoms with van der Waals surface area (Å²) < 4.78 is 16.0. The molecule has 1 aliphatic rings. The Morgan fingerprint density at radius 1 is 1.39 bits per heavy atom. The lowest BCUT2D eigenvalue weighted by molar-refractivity contribution is 0.0600. The normalized spacial score (nSPS) is 20.9. The molecule has 0 radical (unpaired) electrons. The fourth-order valence-corrected chi connectivity index (χ4v) is 2.94. The fraction of sp³-hybridized carbons (Fsp3) is 0.471. The number of aromatic nitrogens is 2. The molecule has 3 rings (SSSR count). The maximum Gasteiger partial charge on any atom is 0.337 e. The standard InChI is InChI=1S/C17H20N2O4/c1-10(2)14-13(7-8-22-14)16-18-15(19-23-16)11-5-4-6-12(9-11)17(20)21-3/h4-6,9-10,13-14H,7-8H2,1-3H3/t13-,14-/m1/s1. The Morgan fingerprint density at radius 3 is 2.96 bits per heavy atom. The average Bonchev–Trinajstić information content (AvgIpc) is 3.22. The molecule has 1 aromatic carbocycles. The number of rotatable bonds is 4. The number of carbonyl (C=O) groups is 1. The number of ether oxygens (including phenoxy) is 2. The Balaban J connectivity index is 1.86. The highest BCUT2D eigenvalue weighted by Gasteiger charge is 2.35. The Bertz CT molecular complexity index is 695. The second kappa shape index (κ2) is 6.50. The largest absolute Gasteiger partial charge is 0.465 e. The zero-order valence-corrected chi connectivity index (χ0v) is 13.5. The van der Waals surface area contributed by atoms with Crippen LogP contribution in [0.3, 0.4) is 0 Å². The molecular formula is C17H20N2O4. The molecule has 0 spiro atoms. The smallest absolute Gasteiger partial charge is 0.337 e. The highest BCUT2D eigenvalue weighted by Crippen LogP contribution is 2.35. The van der Waals surface area contributed by atoms with Crippen molar-refractivity contribution in [3.63, 3.8) is 0 Å². The summed E-state index contributed by atoms with van der Waals surface area (Å²) in [6.45, 7) is 4.96. The predicted octanol–water partition coefficient (Wildman–Crippen LogP) is 3.05. The summed E-state index contributed by atoms with van der Waals surface area (Å²) >= 11 is 0. The number of hydrogen-bond donors (Lipinski definition) is 0. The minimum atomic E-state index is -0.389. The maximum absolute atomic E-state index is 11.6. The van der Waals surface area contributed by atoms with E-state index in [1.54, 1.807) is 18.2 Å². The van der Waals surface area contributed by atoms with Crippen molar-refractivity contribution in [3.05, 3.63) is 35.7 Å². The summed E-state index contributed by atoms with van der Waals surface area (Å²) in [5, 5.41) is 4.06. The monoisotopic (exact) mass is 316 g/mol. The van der Waals surface area contributed by atoms with Crippen LogP contribution in [-0.2, 0) is 9.47 Å². The molecule has 1 aliphatic heterocycles. The van der Waals surface area contributed by atoms with E-state index in [0.29, 0.717) is 29.8 Å². The topological polar surface area (TPSA) is 74.5 Å². The Morgan fingerprint density at radius 2 is 2.22 bits per heavy atom. The third-order valence-corrected chi connectivity index (χ3v) is 4.09. The van der Waals surface area contributed by atoms with Crippen molar-refractivity contribution in [3.8, 4) is 11.4 Å². The maximum atomic E-state index is 11.6. The molecule has 1 saturated heterocycles. The molecule has 2 aromatic rings. The number of esters is 1. The summed E-state index contributed by atoms with van der Waals surface area (Å²) in [5.74, 6) is 1.19. The lowest BCUT2D eigenvalue weighted by Gasteiger charge is -2.18. The van der Waals surface area contributed by atoms with Crippen LogP contribution in [0.25, 0.3) is 11.4 Å². The van der Waals surface area contributed by atoms with Gasteiger partial charge in [0.05, 0.1) is 24.7 Å². The second-order valence-corrected chi connectivity index (χ2v) is 6.00. The number of methoxy groups -OCH3 is 1. The summed E-state index contributed by atoms with van der Waals surface area (Å²) in [5.41, 5.74) is 1.18. The van der Waals surface area contributed by atoms with Crippen LogP contribution in [0, 0.1) is 5.92 Å². The van der Waals surface area contributed by atoms with E-state index in [9.17, 15) is 4.79 Å². The van der Waals surface area contributed by atoms with Gasteiger partial charge in [-0.3, -0.25) is 0 Å². The first kappa shape index (κ1) is 15.7. The van der Waals surface area contributed by atoms with E-state index in [1.807, 2.05) is 6.07 Å². The SMILES string of the molecule is COC(=O)c1cccc(-c2noc([C@@H]3CCO[C@@H]3C(C)C)n2)c1. The molecule has 0 unspecified atom stereocenters. The van der Waals surface area contributed by atoms with Crippen molar-refractivity contribution in [2.24, 2.45) is 5.92 Å². The summed E-state index contributed by atoms with van der Waals surface area (Å²) in [6, 6.07) is 7.00. The highest BCUT2D eigenvalue weighted by molar-refractivity contribution is 5.90. The fourth-order valence-electron chi connectivity index (χ4n) is 2.94. The number of hydrogen-bond acceptors (Lipinski definition) is 6. The van der Waals surface area contributed by atoms with Gasteiger partial charge in [-0.25, -0.2) is 4.79 Å². The van der Waals surface area contributed by atoms with Gasteiger partial charge in [-0.15, -0.1) is 0 Å². The third-order valence-electron chi connectivity index (χ3n) is 4.09. The van der Waals surface area contributed by atoms with Crippen molar-refractivity contribution in [2.75, 3.05) is 13.7 Å². The van der Waals surface area contributed by atoms with E-state index in [0.717, 1.165) is 12.0 Å². The molecule has 122 valence electrons. The van der Waals surface area contributed by atoms with Crippen LogP contribution >= 0.6 is 0 Å². The Hall–Kier alpha value is -2.21. The van der Waals surface area contributed by atoms with Gasteiger partial charge in [0.15, 0.2) is 0 Å². The molecule has 1 fully saturated rings. The number of carbonyl (C=O) groups excluding carboxylic acids is 1. The molecule has 6 heteroatoms. The number of benzene rings is 1. The van der Waals surface area contributed by atoms with Crippen LogP contribution < -0.4 is 0 Å². The van der Waals surface area contributed by atoms with Crippen LogP contribution in [0.2, 0.25) is 0 Å². The van der Waals surface area contributed by atoms with Gasteiger partial charge in [-0.1, -0.05) is 31.1 Å². The van der Waals surface area contributed by atoms with Gasteiger partial charge in [0.1, 0.15) is 0 Å². The van der Waals surface area contributed by atoms with Crippen molar-refractivity contribution in [1.82, 2.24) is 10.1 Å². The van der Waals surface area contributed by atoms with Gasteiger partial charge in [0.2, 0.25) is 11.7 Å². The van der Waals surface area contributed by atoms with E-state index in [2.05, 4.69) is 24.0 Å². The summed E-state index contributed by atoms with van der Waals surface area (Å²) in [7, 11) is 1.35. The molecule has 6 nitrogen and oxygen atoms in total. The van der Waals surface area contributed by atoms with E-state index in [4.69, 9.17) is 14.0 Å². The summed E-state index contributed by atoms with van der Waals surface area (Å²) in [4.78, 5) is 16.1.